The van der Waals surface area contributed by atoms with Crippen LogP contribution in [0.4, 0.5) is 0 Å². The van der Waals surface area contributed by atoms with E-state index in [0.717, 1.165) is 36.5 Å². The van der Waals surface area contributed by atoms with Gasteiger partial charge in [-0.25, -0.2) is 0 Å². The van der Waals surface area contributed by atoms with Crippen molar-refractivity contribution in [1.29, 1.82) is 0 Å². The van der Waals surface area contributed by atoms with Crippen LogP contribution >= 0.6 is 0 Å². The zero-order chi connectivity index (χ0) is 13.2. The van der Waals surface area contributed by atoms with Gasteiger partial charge in [0.25, 0.3) is 0 Å². The number of benzene rings is 1. The highest BCUT2D eigenvalue weighted by Crippen LogP contribution is 2.38. The summed E-state index contributed by atoms with van der Waals surface area (Å²) in [6.45, 7) is 3.99. The van der Waals surface area contributed by atoms with Gasteiger partial charge in [0.05, 0.1) is 12.2 Å². The SMILES string of the molecule is CCC1OCCC1C(O)c1ccc2c(c1)OCCO2. The van der Waals surface area contributed by atoms with Crippen LogP contribution in [0.5, 0.6) is 11.5 Å². The molecule has 0 amide bonds. The first kappa shape index (κ1) is 12.8. The highest BCUT2D eigenvalue weighted by atomic mass is 16.6. The van der Waals surface area contributed by atoms with Crippen LogP contribution in [0.3, 0.4) is 0 Å². The summed E-state index contributed by atoms with van der Waals surface area (Å²) in [5, 5.41) is 10.5. The minimum Gasteiger partial charge on any atom is -0.486 e. The highest BCUT2D eigenvalue weighted by Gasteiger charge is 2.33. The number of fused-ring (bicyclic) bond motifs is 1. The third-order valence-electron chi connectivity index (χ3n) is 3.98. The van der Waals surface area contributed by atoms with Gasteiger partial charge >= 0.3 is 0 Å². The molecule has 1 N–H and O–H groups in total. The van der Waals surface area contributed by atoms with Crippen LogP contribution in [0.25, 0.3) is 0 Å². The molecule has 0 aliphatic carbocycles. The third-order valence-corrected chi connectivity index (χ3v) is 3.98. The van der Waals surface area contributed by atoms with Crippen molar-refractivity contribution in [2.45, 2.75) is 32.0 Å². The van der Waals surface area contributed by atoms with E-state index in [4.69, 9.17) is 14.2 Å². The van der Waals surface area contributed by atoms with Gasteiger partial charge in [0.2, 0.25) is 0 Å². The molecular weight excluding hydrogens is 244 g/mol. The molecule has 3 atom stereocenters. The molecule has 1 aromatic rings. The Morgan fingerprint density at radius 3 is 2.79 bits per heavy atom. The van der Waals surface area contributed by atoms with Gasteiger partial charge in [-0.05, 0) is 30.5 Å². The van der Waals surface area contributed by atoms with Crippen molar-refractivity contribution in [2.24, 2.45) is 5.92 Å². The van der Waals surface area contributed by atoms with Crippen LogP contribution in [0.1, 0.15) is 31.4 Å². The number of ether oxygens (including phenoxy) is 3. The van der Waals surface area contributed by atoms with Crippen molar-refractivity contribution in [1.82, 2.24) is 0 Å². The van der Waals surface area contributed by atoms with E-state index in [1.807, 2.05) is 18.2 Å². The summed E-state index contributed by atoms with van der Waals surface area (Å²) in [7, 11) is 0. The molecule has 3 unspecified atom stereocenters. The second kappa shape index (κ2) is 5.39. The summed E-state index contributed by atoms with van der Waals surface area (Å²) in [6.07, 6.45) is 1.51. The molecule has 1 aromatic carbocycles. The second-order valence-electron chi connectivity index (χ2n) is 5.12. The standard InChI is InChI=1S/C15H20O4/c1-2-12-11(5-6-17-12)15(16)10-3-4-13-14(9-10)19-8-7-18-13/h3-4,9,11-12,15-16H,2,5-8H2,1H3. The van der Waals surface area contributed by atoms with Crippen molar-refractivity contribution in [3.05, 3.63) is 23.8 Å². The molecule has 0 aromatic heterocycles. The molecule has 1 saturated heterocycles. The summed E-state index contributed by atoms with van der Waals surface area (Å²) in [5.74, 6) is 1.67. The van der Waals surface area contributed by atoms with E-state index < -0.39 is 6.10 Å². The van der Waals surface area contributed by atoms with Gasteiger partial charge in [-0.15, -0.1) is 0 Å². The molecule has 0 bridgehead atoms. The fourth-order valence-electron chi connectivity index (χ4n) is 2.94. The maximum absolute atomic E-state index is 10.5. The van der Waals surface area contributed by atoms with Crippen molar-refractivity contribution in [2.75, 3.05) is 19.8 Å². The Kier molecular flexibility index (Phi) is 3.62. The van der Waals surface area contributed by atoms with Crippen LogP contribution in [0.15, 0.2) is 18.2 Å². The summed E-state index contributed by atoms with van der Waals surface area (Å²) < 4.78 is 16.7. The number of hydrogen-bond acceptors (Lipinski definition) is 4. The van der Waals surface area contributed by atoms with Gasteiger partial charge in [0.1, 0.15) is 13.2 Å². The van der Waals surface area contributed by atoms with Crippen molar-refractivity contribution in [3.8, 4) is 11.5 Å². The third kappa shape index (κ3) is 2.42. The van der Waals surface area contributed by atoms with E-state index in [1.165, 1.54) is 0 Å². The molecular formula is C15H20O4. The quantitative estimate of drug-likeness (QED) is 0.910. The maximum Gasteiger partial charge on any atom is 0.161 e. The van der Waals surface area contributed by atoms with Crippen LogP contribution in [-0.4, -0.2) is 31.0 Å². The largest absolute Gasteiger partial charge is 0.486 e. The van der Waals surface area contributed by atoms with E-state index in [1.54, 1.807) is 0 Å². The van der Waals surface area contributed by atoms with E-state index in [-0.39, 0.29) is 12.0 Å². The molecule has 0 saturated carbocycles. The number of aliphatic hydroxyl groups is 1. The Morgan fingerprint density at radius 1 is 1.21 bits per heavy atom. The number of hydrogen-bond donors (Lipinski definition) is 1. The highest BCUT2D eigenvalue weighted by molar-refractivity contribution is 5.44. The van der Waals surface area contributed by atoms with E-state index in [0.29, 0.717) is 13.2 Å². The lowest BCUT2D eigenvalue weighted by molar-refractivity contribution is 0.0305. The topological polar surface area (TPSA) is 47.9 Å². The molecule has 104 valence electrons. The van der Waals surface area contributed by atoms with Gasteiger partial charge in [-0.3, -0.25) is 0 Å². The van der Waals surface area contributed by atoms with E-state index >= 15 is 0 Å². The van der Waals surface area contributed by atoms with Crippen LogP contribution in [0.2, 0.25) is 0 Å². The van der Waals surface area contributed by atoms with E-state index in [2.05, 4.69) is 6.92 Å². The van der Waals surface area contributed by atoms with Gasteiger partial charge < -0.3 is 19.3 Å². The average molecular weight is 264 g/mol. The predicted molar refractivity (Wildman–Crippen MR) is 70.5 cm³/mol. The lowest BCUT2D eigenvalue weighted by atomic mass is 9.89. The average Bonchev–Trinajstić information content (AvgIpc) is 2.94. The van der Waals surface area contributed by atoms with Gasteiger partial charge in [-0.2, -0.15) is 0 Å². The molecule has 2 aliphatic heterocycles. The monoisotopic (exact) mass is 264 g/mol. The first-order chi connectivity index (χ1) is 9.29. The molecule has 3 rings (SSSR count). The first-order valence-corrected chi connectivity index (χ1v) is 6.99. The predicted octanol–water partition coefficient (Wildman–Crippen LogP) is 2.31. The molecule has 2 aliphatic rings. The smallest absolute Gasteiger partial charge is 0.161 e. The van der Waals surface area contributed by atoms with Crippen molar-refractivity contribution >= 4 is 0 Å². The fraction of sp³-hybridized carbons (Fsp3) is 0.600. The Labute approximate surface area is 113 Å². The lowest BCUT2D eigenvalue weighted by Gasteiger charge is -2.25. The summed E-state index contributed by atoms with van der Waals surface area (Å²) in [6, 6.07) is 5.69. The molecule has 4 nitrogen and oxygen atoms in total. The fourth-order valence-corrected chi connectivity index (χ4v) is 2.94. The van der Waals surface area contributed by atoms with Crippen molar-refractivity contribution < 1.29 is 19.3 Å². The second-order valence-corrected chi connectivity index (χ2v) is 5.12. The summed E-state index contributed by atoms with van der Waals surface area (Å²) in [5.41, 5.74) is 0.887. The van der Waals surface area contributed by atoms with Crippen LogP contribution in [0, 0.1) is 5.92 Å². The molecule has 1 fully saturated rings. The Hall–Kier alpha value is -1.26. The van der Waals surface area contributed by atoms with Crippen LogP contribution in [-0.2, 0) is 4.74 Å². The van der Waals surface area contributed by atoms with E-state index in [9.17, 15) is 5.11 Å². The first-order valence-electron chi connectivity index (χ1n) is 6.99. The molecule has 2 heterocycles. The van der Waals surface area contributed by atoms with Crippen LogP contribution < -0.4 is 9.47 Å². The number of aliphatic hydroxyl groups excluding tert-OH is 1. The molecule has 19 heavy (non-hydrogen) atoms. The zero-order valence-electron chi connectivity index (χ0n) is 11.2. The zero-order valence-corrected chi connectivity index (χ0v) is 11.2. The van der Waals surface area contributed by atoms with Gasteiger partial charge in [-0.1, -0.05) is 13.0 Å². The lowest BCUT2D eigenvalue weighted by Crippen LogP contribution is -2.22. The van der Waals surface area contributed by atoms with Gasteiger partial charge in [0.15, 0.2) is 11.5 Å². The maximum atomic E-state index is 10.5. The number of rotatable bonds is 3. The Morgan fingerprint density at radius 2 is 2.00 bits per heavy atom. The molecule has 0 radical (unpaired) electrons. The Bertz CT molecular complexity index is 446. The van der Waals surface area contributed by atoms with Gasteiger partial charge in [0, 0.05) is 12.5 Å². The molecule has 0 spiro atoms. The normalized spacial score (nSPS) is 27.3. The minimum atomic E-state index is -0.497. The summed E-state index contributed by atoms with van der Waals surface area (Å²) in [4.78, 5) is 0. The van der Waals surface area contributed by atoms with Crippen molar-refractivity contribution in [3.63, 3.8) is 0 Å². The summed E-state index contributed by atoms with van der Waals surface area (Å²) >= 11 is 0. The minimum absolute atomic E-state index is 0.156. The Balaban J connectivity index is 1.81. The molecule has 4 heteroatoms.